The summed E-state index contributed by atoms with van der Waals surface area (Å²) in [6.07, 6.45) is 0.976. The molecule has 174 valence electrons. The number of likely N-dealkylation sites (N-methyl/N-ethyl adjacent to an activating group) is 1. The van der Waals surface area contributed by atoms with Gasteiger partial charge in [-0.15, -0.1) is 0 Å². The first kappa shape index (κ1) is 26.4. The van der Waals surface area contributed by atoms with E-state index in [0.29, 0.717) is 6.54 Å². The minimum Gasteiger partial charge on any atom is -0.355 e. The van der Waals surface area contributed by atoms with Crippen molar-refractivity contribution in [3.8, 4) is 0 Å². The average molecular weight is 565 g/mol. The molecular formula is C21H24BrCl2N3O4S. The highest BCUT2D eigenvalue weighted by Gasteiger charge is 2.30. The van der Waals surface area contributed by atoms with Gasteiger partial charge in [-0.05, 0) is 49.7 Å². The van der Waals surface area contributed by atoms with Gasteiger partial charge in [0, 0.05) is 22.6 Å². The van der Waals surface area contributed by atoms with Crippen molar-refractivity contribution in [2.24, 2.45) is 0 Å². The van der Waals surface area contributed by atoms with Crippen molar-refractivity contribution < 1.29 is 18.0 Å². The van der Waals surface area contributed by atoms with Gasteiger partial charge < -0.3 is 10.2 Å². The number of hydrogen-bond donors (Lipinski definition) is 1. The van der Waals surface area contributed by atoms with Crippen LogP contribution in [-0.2, 0) is 26.2 Å². The molecule has 0 aliphatic rings. The van der Waals surface area contributed by atoms with Crippen molar-refractivity contribution in [2.75, 3.05) is 23.7 Å². The Kier molecular flexibility index (Phi) is 9.39. The second-order valence-electron chi connectivity index (χ2n) is 7.08. The van der Waals surface area contributed by atoms with Gasteiger partial charge in [-0.2, -0.15) is 0 Å². The fraction of sp³-hybridized carbons (Fsp3) is 0.333. The van der Waals surface area contributed by atoms with E-state index in [4.69, 9.17) is 23.2 Å². The predicted molar refractivity (Wildman–Crippen MR) is 131 cm³/mol. The number of anilines is 1. The molecule has 2 amide bonds. The number of halogens is 3. The van der Waals surface area contributed by atoms with Crippen LogP contribution in [0.15, 0.2) is 46.9 Å². The van der Waals surface area contributed by atoms with Crippen molar-refractivity contribution in [3.63, 3.8) is 0 Å². The lowest BCUT2D eigenvalue weighted by atomic mass is 10.1. The van der Waals surface area contributed by atoms with E-state index < -0.39 is 28.5 Å². The lowest BCUT2D eigenvalue weighted by Gasteiger charge is -2.31. The summed E-state index contributed by atoms with van der Waals surface area (Å²) in [5.74, 6) is -0.905. The number of sulfonamides is 1. The molecule has 0 saturated carbocycles. The topological polar surface area (TPSA) is 86.8 Å². The lowest BCUT2D eigenvalue weighted by molar-refractivity contribution is -0.139. The van der Waals surface area contributed by atoms with Crippen LogP contribution in [0.5, 0.6) is 0 Å². The Balaban J connectivity index is 2.42. The zero-order valence-electron chi connectivity index (χ0n) is 17.8. The Morgan fingerprint density at radius 1 is 1.12 bits per heavy atom. The first-order valence-corrected chi connectivity index (χ1v) is 13.1. The van der Waals surface area contributed by atoms with Gasteiger partial charge in [-0.25, -0.2) is 8.42 Å². The van der Waals surface area contributed by atoms with Crippen LogP contribution in [0.25, 0.3) is 0 Å². The predicted octanol–water partition coefficient (Wildman–Crippen LogP) is 4.08. The smallest absolute Gasteiger partial charge is 0.244 e. The second-order valence-corrected chi connectivity index (χ2v) is 10.8. The third kappa shape index (κ3) is 7.10. The molecule has 2 aromatic carbocycles. The molecule has 0 radical (unpaired) electrons. The van der Waals surface area contributed by atoms with Crippen LogP contribution in [0.4, 0.5) is 5.69 Å². The number of carbonyl (C=O) groups is 2. The number of nitrogens with zero attached hydrogens (tertiary/aromatic N) is 2. The number of nitrogens with one attached hydrogen (secondary N) is 1. The Morgan fingerprint density at radius 3 is 2.31 bits per heavy atom. The third-order valence-corrected chi connectivity index (χ3v) is 6.85. The van der Waals surface area contributed by atoms with Crippen molar-refractivity contribution in [2.45, 2.75) is 26.4 Å². The number of amides is 2. The molecule has 1 N–H and O–H groups in total. The molecule has 0 saturated heterocycles. The minimum absolute atomic E-state index is 0.0873. The van der Waals surface area contributed by atoms with Gasteiger partial charge in [0.25, 0.3) is 0 Å². The Bertz CT molecular complexity index is 1080. The van der Waals surface area contributed by atoms with E-state index in [1.165, 1.54) is 23.1 Å². The summed E-state index contributed by atoms with van der Waals surface area (Å²) >= 11 is 15.6. The Hall–Kier alpha value is -1.81. The highest BCUT2D eigenvalue weighted by atomic mass is 79.9. The quantitative estimate of drug-likeness (QED) is 0.497. The molecule has 1 unspecified atom stereocenters. The molecule has 0 aliphatic carbocycles. The summed E-state index contributed by atoms with van der Waals surface area (Å²) in [5, 5.41) is 3.10. The van der Waals surface area contributed by atoms with E-state index in [9.17, 15) is 18.0 Å². The third-order valence-electron chi connectivity index (χ3n) is 4.64. The van der Waals surface area contributed by atoms with Crippen LogP contribution < -0.4 is 9.62 Å². The highest BCUT2D eigenvalue weighted by Crippen LogP contribution is 2.31. The SMILES string of the molecule is CCNC(=O)C(C)N(Cc1ccc(Br)cc1)C(=O)CN(c1cc(Cl)ccc1Cl)S(C)(=O)=O. The molecule has 7 nitrogen and oxygen atoms in total. The summed E-state index contributed by atoms with van der Waals surface area (Å²) < 4.78 is 26.8. The summed E-state index contributed by atoms with van der Waals surface area (Å²) in [5.41, 5.74) is 0.869. The molecular weight excluding hydrogens is 541 g/mol. The largest absolute Gasteiger partial charge is 0.355 e. The molecule has 0 aromatic heterocycles. The van der Waals surface area contributed by atoms with Crippen LogP contribution in [-0.4, -0.2) is 50.5 Å². The zero-order valence-corrected chi connectivity index (χ0v) is 21.7. The average Bonchev–Trinajstić information content (AvgIpc) is 2.72. The second kappa shape index (κ2) is 11.4. The van der Waals surface area contributed by atoms with Gasteiger partial charge in [-0.1, -0.05) is 51.3 Å². The van der Waals surface area contributed by atoms with Gasteiger partial charge in [0.15, 0.2) is 0 Å². The van der Waals surface area contributed by atoms with E-state index in [1.807, 2.05) is 24.3 Å². The van der Waals surface area contributed by atoms with E-state index in [1.54, 1.807) is 13.8 Å². The van der Waals surface area contributed by atoms with E-state index in [2.05, 4.69) is 21.2 Å². The van der Waals surface area contributed by atoms with Crippen LogP contribution in [0.1, 0.15) is 19.4 Å². The van der Waals surface area contributed by atoms with Crippen LogP contribution in [0.3, 0.4) is 0 Å². The summed E-state index contributed by atoms with van der Waals surface area (Å²) in [4.78, 5) is 27.2. The van der Waals surface area contributed by atoms with Crippen molar-refractivity contribution in [1.82, 2.24) is 10.2 Å². The molecule has 0 aliphatic heterocycles. The van der Waals surface area contributed by atoms with Crippen LogP contribution in [0.2, 0.25) is 10.0 Å². The number of rotatable bonds is 9. The van der Waals surface area contributed by atoms with Gasteiger partial charge in [0.05, 0.1) is 17.0 Å². The lowest BCUT2D eigenvalue weighted by Crippen LogP contribution is -2.51. The minimum atomic E-state index is -3.88. The van der Waals surface area contributed by atoms with Gasteiger partial charge in [-0.3, -0.25) is 13.9 Å². The monoisotopic (exact) mass is 563 g/mol. The van der Waals surface area contributed by atoms with Crippen LogP contribution in [0, 0.1) is 0 Å². The number of hydrogen-bond acceptors (Lipinski definition) is 4. The van der Waals surface area contributed by atoms with Crippen LogP contribution >= 0.6 is 39.1 Å². The maximum Gasteiger partial charge on any atom is 0.244 e. The summed E-state index contributed by atoms with van der Waals surface area (Å²) in [7, 11) is -3.88. The van der Waals surface area contributed by atoms with Crippen molar-refractivity contribution in [3.05, 3.63) is 62.5 Å². The van der Waals surface area contributed by atoms with Crippen molar-refractivity contribution in [1.29, 1.82) is 0 Å². The number of carbonyl (C=O) groups excluding carboxylic acids is 2. The molecule has 2 rings (SSSR count). The molecule has 2 aromatic rings. The standard InChI is InChI=1S/C21H24BrCl2N3O4S/c1-4-25-21(29)14(2)26(12-15-5-7-16(22)8-6-15)20(28)13-27(32(3,30)31)19-11-17(23)9-10-18(19)24/h5-11,14H,4,12-13H2,1-3H3,(H,25,29). The van der Waals surface area contributed by atoms with E-state index in [-0.39, 0.29) is 28.2 Å². The van der Waals surface area contributed by atoms with Gasteiger partial charge in [0.1, 0.15) is 12.6 Å². The van der Waals surface area contributed by atoms with Gasteiger partial charge in [0.2, 0.25) is 21.8 Å². The van der Waals surface area contributed by atoms with E-state index in [0.717, 1.165) is 20.6 Å². The first-order chi connectivity index (χ1) is 14.9. The molecule has 11 heteroatoms. The maximum atomic E-state index is 13.3. The molecule has 0 fully saturated rings. The maximum absolute atomic E-state index is 13.3. The van der Waals surface area contributed by atoms with Gasteiger partial charge >= 0.3 is 0 Å². The molecule has 0 heterocycles. The Morgan fingerprint density at radius 2 is 1.75 bits per heavy atom. The molecule has 0 bridgehead atoms. The van der Waals surface area contributed by atoms with Crippen molar-refractivity contribution >= 4 is 66.7 Å². The first-order valence-electron chi connectivity index (χ1n) is 9.68. The normalized spacial score (nSPS) is 12.2. The molecule has 1 atom stereocenters. The molecule has 32 heavy (non-hydrogen) atoms. The van der Waals surface area contributed by atoms with E-state index >= 15 is 0 Å². The fourth-order valence-corrected chi connectivity index (χ4v) is 4.52. The molecule has 0 spiro atoms. The summed E-state index contributed by atoms with van der Waals surface area (Å²) in [6, 6.07) is 10.8. The zero-order chi connectivity index (χ0) is 24.1. The Labute approximate surface area is 206 Å². The number of benzene rings is 2. The summed E-state index contributed by atoms with van der Waals surface area (Å²) in [6.45, 7) is 3.35. The fourth-order valence-electron chi connectivity index (χ4n) is 2.96. The highest BCUT2D eigenvalue weighted by molar-refractivity contribution is 9.10.